The Labute approximate surface area is 139 Å². The molecule has 3 rings (SSSR count). The minimum absolute atomic E-state index is 0.0611. The van der Waals surface area contributed by atoms with Crippen LogP contribution in [0, 0.1) is 6.92 Å². The van der Waals surface area contributed by atoms with E-state index in [0.717, 1.165) is 16.5 Å². The van der Waals surface area contributed by atoms with Crippen LogP contribution in [0.4, 0.5) is 0 Å². The van der Waals surface area contributed by atoms with E-state index >= 15 is 0 Å². The summed E-state index contributed by atoms with van der Waals surface area (Å²) in [6.45, 7) is 5.00. The SMILES string of the molecule is CC(=O)[C@@H](C)Oc1ccc2c(-c3ccccc3)cc(=O)oc2c1C. The fourth-order valence-electron chi connectivity index (χ4n) is 2.60. The molecule has 1 heterocycles. The zero-order valence-corrected chi connectivity index (χ0v) is 13.8. The van der Waals surface area contributed by atoms with E-state index in [-0.39, 0.29) is 5.78 Å². The van der Waals surface area contributed by atoms with E-state index in [9.17, 15) is 9.59 Å². The van der Waals surface area contributed by atoms with Crippen molar-refractivity contribution < 1.29 is 13.9 Å². The van der Waals surface area contributed by atoms with E-state index in [1.807, 2.05) is 49.4 Å². The summed E-state index contributed by atoms with van der Waals surface area (Å²) in [5.74, 6) is 0.479. The maximum absolute atomic E-state index is 12.0. The molecule has 4 heteroatoms. The molecular formula is C20H18O4. The Balaban J connectivity index is 2.19. The lowest BCUT2D eigenvalue weighted by Crippen LogP contribution is -2.21. The molecular weight excluding hydrogens is 304 g/mol. The van der Waals surface area contributed by atoms with Crippen LogP contribution in [0.25, 0.3) is 22.1 Å². The smallest absolute Gasteiger partial charge is 0.336 e. The Bertz CT molecular complexity index is 955. The van der Waals surface area contributed by atoms with Gasteiger partial charge in [-0.15, -0.1) is 0 Å². The van der Waals surface area contributed by atoms with Crippen LogP contribution in [0.3, 0.4) is 0 Å². The van der Waals surface area contributed by atoms with Gasteiger partial charge in [-0.3, -0.25) is 4.79 Å². The molecule has 0 aliphatic carbocycles. The van der Waals surface area contributed by atoms with Gasteiger partial charge in [0.15, 0.2) is 11.9 Å². The highest BCUT2D eigenvalue weighted by Gasteiger charge is 2.16. The molecule has 0 N–H and O–H groups in total. The summed E-state index contributed by atoms with van der Waals surface area (Å²) in [4.78, 5) is 23.4. The number of Topliss-reactive ketones (excluding diaryl/α,β-unsaturated/α-hetero) is 1. The second kappa shape index (κ2) is 6.32. The highest BCUT2D eigenvalue weighted by Crippen LogP contribution is 2.33. The zero-order chi connectivity index (χ0) is 17.3. The predicted molar refractivity (Wildman–Crippen MR) is 93.4 cm³/mol. The van der Waals surface area contributed by atoms with Crippen molar-refractivity contribution in [2.24, 2.45) is 0 Å². The molecule has 0 radical (unpaired) electrons. The predicted octanol–water partition coefficient (Wildman–Crippen LogP) is 4.12. The van der Waals surface area contributed by atoms with Gasteiger partial charge < -0.3 is 9.15 Å². The molecule has 0 fully saturated rings. The normalized spacial score (nSPS) is 12.1. The highest BCUT2D eigenvalue weighted by atomic mass is 16.5. The number of fused-ring (bicyclic) bond motifs is 1. The second-order valence-electron chi connectivity index (χ2n) is 5.78. The van der Waals surface area contributed by atoms with Crippen molar-refractivity contribution in [3.63, 3.8) is 0 Å². The fraction of sp³-hybridized carbons (Fsp3) is 0.200. The van der Waals surface area contributed by atoms with Gasteiger partial charge in [0.25, 0.3) is 0 Å². The van der Waals surface area contributed by atoms with Crippen LogP contribution in [0.5, 0.6) is 5.75 Å². The first kappa shape index (κ1) is 16.0. The van der Waals surface area contributed by atoms with E-state index in [1.165, 1.54) is 13.0 Å². The molecule has 1 aromatic heterocycles. The molecule has 4 nitrogen and oxygen atoms in total. The average Bonchev–Trinajstić information content (AvgIpc) is 2.57. The average molecular weight is 322 g/mol. The van der Waals surface area contributed by atoms with Crippen molar-refractivity contribution in [1.82, 2.24) is 0 Å². The summed E-state index contributed by atoms with van der Waals surface area (Å²) >= 11 is 0. The first-order chi connectivity index (χ1) is 11.5. The number of ketones is 1. The summed E-state index contributed by atoms with van der Waals surface area (Å²) in [7, 11) is 0. The van der Waals surface area contributed by atoms with E-state index in [1.54, 1.807) is 6.92 Å². The molecule has 0 unspecified atom stereocenters. The molecule has 0 saturated carbocycles. The molecule has 0 saturated heterocycles. The summed E-state index contributed by atoms with van der Waals surface area (Å²) in [6.07, 6.45) is -0.551. The van der Waals surface area contributed by atoms with Gasteiger partial charge in [0.2, 0.25) is 0 Å². The topological polar surface area (TPSA) is 56.5 Å². The third-order valence-electron chi connectivity index (χ3n) is 4.07. The lowest BCUT2D eigenvalue weighted by Gasteiger charge is -2.15. The van der Waals surface area contributed by atoms with Crippen LogP contribution in [0.2, 0.25) is 0 Å². The van der Waals surface area contributed by atoms with Crippen LogP contribution in [-0.2, 0) is 4.79 Å². The number of carbonyl (C=O) groups is 1. The highest BCUT2D eigenvalue weighted by molar-refractivity contribution is 5.95. The van der Waals surface area contributed by atoms with Crippen molar-refractivity contribution >= 4 is 16.8 Å². The monoisotopic (exact) mass is 322 g/mol. The van der Waals surface area contributed by atoms with Gasteiger partial charge in [0, 0.05) is 17.0 Å². The molecule has 122 valence electrons. The van der Waals surface area contributed by atoms with Crippen molar-refractivity contribution in [3.05, 3.63) is 64.5 Å². The molecule has 0 bridgehead atoms. The Morgan fingerprint density at radius 2 is 1.83 bits per heavy atom. The fourth-order valence-corrected chi connectivity index (χ4v) is 2.60. The number of aryl methyl sites for hydroxylation is 1. The molecule has 1 atom stereocenters. The first-order valence-corrected chi connectivity index (χ1v) is 7.77. The molecule has 0 spiro atoms. The summed E-state index contributed by atoms with van der Waals surface area (Å²) in [6, 6.07) is 14.8. The summed E-state index contributed by atoms with van der Waals surface area (Å²) < 4.78 is 11.1. The third kappa shape index (κ3) is 2.95. The molecule has 0 aliphatic rings. The van der Waals surface area contributed by atoms with Crippen LogP contribution in [-0.4, -0.2) is 11.9 Å². The van der Waals surface area contributed by atoms with Crippen molar-refractivity contribution in [2.45, 2.75) is 26.9 Å². The van der Waals surface area contributed by atoms with Gasteiger partial charge in [-0.25, -0.2) is 4.79 Å². The molecule has 3 aromatic rings. The number of benzene rings is 2. The number of ether oxygens (including phenoxy) is 1. The van der Waals surface area contributed by atoms with Crippen LogP contribution in [0.15, 0.2) is 57.7 Å². The van der Waals surface area contributed by atoms with Crippen molar-refractivity contribution in [2.75, 3.05) is 0 Å². The van der Waals surface area contributed by atoms with Gasteiger partial charge in [-0.2, -0.15) is 0 Å². The van der Waals surface area contributed by atoms with Crippen LogP contribution >= 0.6 is 0 Å². The largest absolute Gasteiger partial charge is 0.483 e. The lowest BCUT2D eigenvalue weighted by atomic mass is 10.00. The van der Waals surface area contributed by atoms with E-state index in [2.05, 4.69) is 0 Å². The van der Waals surface area contributed by atoms with E-state index in [0.29, 0.717) is 16.9 Å². The minimum Gasteiger partial charge on any atom is -0.483 e. The standard InChI is InChI=1S/C20H18O4/c1-12-18(23-14(3)13(2)21)10-9-16-17(11-19(22)24-20(12)16)15-7-5-4-6-8-15/h4-11,14H,1-3H3/t14-/m1/s1. The lowest BCUT2D eigenvalue weighted by molar-refractivity contribution is -0.122. The maximum atomic E-state index is 12.0. The number of rotatable bonds is 4. The minimum atomic E-state index is -0.551. The molecule has 24 heavy (non-hydrogen) atoms. The van der Waals surface area contributed by atoms with Gasteiger partial charge >= 0.3 is 5.63 Å². The van der Waals surface area contributed by atoms with Crippen LogP contribution in [0.1, 0.15) is 19.4 Å². The molecule has 0 aliphatic heterocycles. The van der Waals surface area contributed by atoms with Gasteiger partial charge in [-0.05, 0) is 44.0 Å². The van der Waals surface area contributed by atoms with Gasteiger partial charge in [0.1, 0.15) is 11.3 Å². The quantitative estimate of drug-likeness (QED) is 0.678. The Kier molecular flexibility index (Phi) is 4.21. The van der Waals surface area contributed by atoms with Crippen molar-refractivity contribution in [3.8, 4) is 16.9 Å². The van der Waals surface area contributed by atoms with E-state index < -0.39 is 11.7 Å². The number of hydrogen-bond acceptors (Lipinski definition) is 4. The summed E-state index contributed by atoms with van der Waals surface area (Å²) in [5, 5.41) is 0.834. The maximum Gasteiger partial charge on any atom is 0.336 e. The first-order valence-electron chi connectivity index (χ1n) is 7.77. The Hall–Kier alpha value is -2.88. The molecule has 2 aromatic carbocycles. The van der Waals surface area contributed by atoms with Gasteiger partial charge in [-0.1, -0.05) is 30.3 Å². The number of hydrogen-bond donors (Lipinski definition) is 0. The van der Waals surface area contributed by atoms with Gasteiger partial charge in [0.05, 0.1) is 0 Å². The third-order valence-corrected chi connectivity index (χ3v) is 4.07. The second-order valence-corrected chi connectivity index (χ2v) is 5.78. The van der Waals surface area contributed by atoms with E-state index in [4.69, 9.17) is 9.15 Å². The van der Waals surface area contributed by atoms with Crippen LogP contribution < -0.4 is 10.4 Å². The Morgan fingerprint density at radius 3 is 2.50 bits per heavy atom. The molecule has 0 amide bonds. The van der Waals surface area contributed by atoms with Crippen molar-refractivity contribution in [1.29, 1.82) is 0 Å². The number of carbonyl (C=O) groups excluding carboxylic acids is 1. The zero-order valence-electron chi connectivity index (χ0n) is 13.8. The Morgan fingerprint density at radius 1 is 1.12 bits per heavy atom. The summed E-state index contributed by atoms with van der Waals surface area (Å²) in [5.41, 5.74) is 2.53.